The molecule has 7 nitrogen and oxygen atoms in total. The minimum absolute atomic E-state index is 0.00112. The number of amides is 2. The average molecular weight is 474 g/mol. The molecule has 190 valence electrons. The zero-order valence-electron chi connectivity index (χ0n) is 21.1. The van der Waals surface area contributed by atoms with Crippen LogP contribution in [0.4, 0.5) is 0 Å². The molecule has 1 aromatic carbocycles. The molecule has 34 heavy (non-hydrogen) atoms. The summed E-state index contributed by atoms with van der Waals surface area (Å²) < 4.78 is 0. The molecule has 1 aliphatic rings. The van der Waals surface area contributed by atoms with Crippen LogP contribution in [0.3, 0.4) is 0 Å². The topological polar surface area (TPSA) is 90.0 Å². The Morgan fingerprint density at radius 1 is 0.853 bits per heavy atom. The Morgan fingerprint density at radius 2 is 1.44 bits per heavy atom. The molecule has 2 rings (SSSR count). The van der Waals surface area contributed by atoms with Gasteiger partial charge in [-0.25, -0.2) is 4.79 Å². The first kappa shape index (κ1) is 27.8. The van der Waals surface area contributed by atoms with Crippen LogP contribution in [-0.4, -0.2) is 71.5 Å². The van der Waals surface area contributed by atoms with Crippen molar-refractivity contribution in [1.82, 2.24) is 15.1 Å². The van der Waals surface area contributed by atoms with Crippen LogP contribution in [0.5, 0.6) is 0 Å². The molecule has 0 aliphatic carbocycles. The van der Waals surface area contributed by atoms with Gasteiger partial charge >= 0.3 is 5.97 Å². The number of piperazine rings is 1. The minimum atomic E-state index is -1.02. The Bertz CT molecular complexity index is 766. The van der Waals surface area contributed by atoms with Crippen molar-refractivity contribution in [2.75, 3.05) is 32.7 Å². The molecule has 1 aromatic rings. The van der Waals surface area contributed by atoms with Gasteiger partial charge in [0.1, 0.15) is 6.04 Å². The molecule has 1 atom stereocenters. The lowest BCUT2D eigenvalue weighted by Crippen LogP contribution is -2.60. The van der Waals surface area contributed by atoms with Crippen molar-refractivity contribution in [2.24, 2.45) is 0 Å². The van der Waals surface area contributed by atoms with E-state index in [0.717, 1.165) is 32.2 Å². The van der Waals surface area contributed by atoms with Gasteiger partial charge in [0, 0.05) is 31.7 Å². The first-order chi connectivity index (χ1) is 16.5. The fourth-order valence-corrected chi connectivity index (χ4v) is 4.44. The molecule has 1 fully saturated rings. The fraction of sp³-hybridized carbons (Fsp3) is 0.667. The second kappa shape index (κ2) is 15.5. The van der Waals surface area contributed by atoms with Crippen molar-refractivity contribution in [2.45, 2.75) is 84.1 Å². The maximum absolute atomic E-state index is 13.1. The summed E-state index contributed by atoms with van der Waals surface area (Å²) >= 11 is 0. The highest BCUT2D eigenvalue weighted by atomic mass is 16.4. The number of carbonyl (C=O) groups is 3. The fourth-order valence-electron chi connectivity index (χ4n) is 4.44. The van der Waals surface area contributed by atoms with Crippen LogP contribution in [0, 0.1) is 0 Å². The van der Waals surface area contributed by atoms with E-state index >= 15 is 0 Å². The summed E-state index contributed by atoms with van der Waals surface area (Å²) in [6, 6.07) is 5.65. The van der Waals surface area contributed by atoms with E-state index in [4.69, 9.17) is 5.11 Å². The number of nitrogens with one attached hydrogen (secondary N) is 1. The van der Waals surface area contributed by atoms with Gasteiger partial charge in [0.25, 0.3) is 5.91 Å². The molecule has 0 saturated carbocycles. The highest BCUT2D eigenvalue weighted by molar-refractivity contribution is 5.96. The van der Waals surface area contributed by atoms with E-state index < -0.39 is 5.97 Å². The van der Waals surface area contributed by atoms with Crippen LogP contribution >= 0.6 is 0 Å². The van der Waals surface area contributed by atoms with Crippen molar-refractivity contribution in [1.29, 1.82) is 0 Å². The van der Waals surface area contributed by atoms with Crippen LogP contribution in [0.15, 0.2) is 24.3 Å². The monoisotopic (exact) mass is 473 g/mol. The van der Waals surface area contributed by atoms with Gasteiger partial charge in [0.15, 0.2) is 0 Å². The van der Waals surface area contributed by atoms with Crippen LogP contribution in [0.25, 0.3) is 0 Å². The minimum Gasteiger partial charge on any atom is -0.478 e. The lowest BCUT2D eigenvalue weighted by molar-refractivity contribution is -0.128. The molecule has 7 heteroatoms. The lowest BCUT2D eigenvalue weighted by atomic mass is 10.1. The van der Waals surface area contributed by atoms with Gasteiger partial charge in [0.05, 0.1) is 5.56 Å². The van der Waals surface area contributed by atoms with E-state index in [1.165, 1.54) is 50.7 Å². The number of aromatic carboxylic acids is 1. The van der Waals surface area contributed by atoms with Gasteiger partial charge in [-0.1, -0.05) is 65.2 Å². The normalized spacial score (nSPS) is 16.4. The predicted octanol–water partition coefficient (Wildman–Crippen LogP) is 4.57. The number of carboxylic acids is 1. The lowest BCUT2D eigenvalue weighted by Gasteiger charge is -2.40. The van der Waals surface area contributed by atoms with Gasteiger partial charge in [0.2, 0.25) is 5.91 Å². The van der Waals surface area contributed by atoms with Crippen LogP contribution in [-0.2, 0) is 4.79 Å². The smallest absolute Gasteiger partial charge is 0.335 e. The van der Waals surface area contributed by atoms with Crippen molar-refractivity contribution in [3.63, 3.8) is 0 Å². The van der Waals surface area contributed by atoms with Crippen LogP contribution < -0.4 is 5.32 Å². The van der Waals surface area contributed by atoms with E-state index in [2.05, 4.69) is 24.1 Å². The third-order valence-electron chi connectivity index (χ3n) is 6.59. The zero-order chi connectivity index (χ0) is 24.8. The second-order valence-electron chi connectivity index (χ2n) is 9.30. The number of unbranched alkanes of at least 4 members (excludes halogenated alkanes) is 8. The summed E-state index contributed by atoms with van der Waals surface area (Å²) in [7, 11) is 0. The molecule has 0 radical (unpaired) electrons. The molecule has 0 bridgehead atoms. The van der Waals surface area contributed by atoms with Gasteiger partial charge in [-0.15, -0.1) is 0 Å². The predicted molar refractivity (Wildman–Crippen MR) is 135 cm³/mol. The Labute approximate surface area is 204 Å². The van der Waals surface area contributed by atoms with Crippen LogP contribution in [0.2, 0.25) is 0 Å². The Hall–Kier alpha value is -2.41. The van der Waals surface area contributed by atoms with Gasteiger partial charge < -0.3 is 15.3 Å². The molecular weight excluding hydrogens is 430 g/mol. The highest BCUT2D eigenvalue weighted by Crippen LogP contribution is 2.16. The van der Waals surface area contributed by atoms with E-state index in [-0.39, 0.29) is 23.4 Å². The molecule has 1 aliphatic heterocycles. The molecule has 1 unspecified atom stereocenters. The molecule has 0 spiro atoms. The third kappa shape index (κ3) is 9.09. The van der Waals surface area contributed by atoms with Gasteiger partial charge in [-0.2, -0.15) is 0 Å². The molecule has 0 aromatic heterocycles. The van der Waals surface area contributed by atoms with E-state index in [9.17, 15) is 14.4 Å². The summed E-state index contributed by atoms with van der Waals surface area (Å²) in [5.74, 6) is -1.17. The Balaban J connectivity index is 1.98. The number of hydrogen-bond donors (Lipinski definition) is 2. The number of hydrogen-bond acceptors (Lipinski definition) is 4. The molecule has 2 N–H and O–H groups in total. The number of benzene rings is 1. The van der Waals surface area contributed by atoms with Crippen molar-refractivity contribution >= 4 is 17.8 Å². The van der Waals surface area contributed by atoms with E-state index in [1.807, 2.05) is 0 Å². The summed E-state index contributed by atoms with van der Waals surface area (Å²) in [6.07, 6.45) is 11.7. The van der Waals surface area contributed by atoms with Crippen molar-refractivity contribution in [3.8, 4) is 0 Å². The Kier molecular flexibility index (Phi) is 12.7. The number of carboxylic acid groups (broad SMARTS) is 1. The number of carbonyl (C=O) groups excluding carboxylic acids is 2. The number of nitrogens with zero attached hydrogens (tertiary/aromatic N) is 2. The van der Waals surface area contributed by atoms with Gasteiger partial charge in [-0.05, 0) is 43.7 Å². The van der Waals surface area contributed by atoms with Crippen molar-refractivity contribution < 1.29 is 19.5 Å². The van der Waals surface area contributed by atoms with Gasteiger partial charge in [-0.3, -0.25) is 14.5 Å². The van der Waals surface area contributed by atoms with E-state index in [1.54, 1.807) is 17.0 Å². The summed E-state index contributed by atoms with van der Waals surface area (Å²) in [4.78, 5) is 41.2. The first-order valence-electron chi connectivity index (χ1n) is 13.1. The molecule has 1 saturated heterocycles. The third-order valence-corrected chi connectivity index (χ3v) is 6.59. The maximum atomic E-state index is 13.1. The van der Waals surface area contributed by atoms with Crippen molar-refractivity contribution in [3.05, 3.63) is 35.4 Å². The largest absolute Gasteiger partial charge is 0.478 e. The summed E-state index contributed by atoms with van der Waals surface area (Å²) in [5, 5.41) is 12.2. The Morgan fingerprint density at radius 3 is 2.09 bits per heavy atom. The standard InChI is InChI=1S/C27H43N3O4/c1-3-5-7-9-10-12-18-29-19-20-30(21-24(29)25(31)28-17-11-8-6-4-2)26(32)22-13-15-23(16-14-22)27(33)34/h13-16,24H,3-12,17-21H2,1-2H3,(H,28,31)(H,33,34). The average Bonchev–Trinajstić information content (AvgIpc) is 2.85. The number of rotatable bonds is 15. The molecule has 2 amide bonds. The summed E-state index contributed by atoms with van der Waals surface area (Å²) in [6.45, 7) is 7.52. The van der Waals surface area contributed by atoms with E-state index in [0.29, 0.717) is 31.7 Å². The maximum Gasteiger partial charge on any atom is 0.335 e. The first-order valence-corrected chi connectivity index (χ1v) is 13.1. The van der Waals surface area contributed by atoms with Crippen LogP contribution in [0.1, 0.15) is 98.8 Å². The molecule has 1 heterocycles. The quantitative estimate of drug-likeness (QED) is 0.364. The summed E-state index contributed by atoms with van der Waals surface area (Å²) in [5.41, 5.74) is 0.605. The zero-order valence-corrected chi connectivity index (χ0v) is 21.1. The molecular formula is C27H43N3O4. The highest BCUT2D eigenvalue weighted by Gasteiger charge is 2.34. The SMILES string of the molecule is CCCCCCCCN1CCN(C(=O)c2ccc(C(=O)O)cc2)CC1C(=O)NCCCCCC. The second-order valence-corrected chi connectivity index (χ2v) is 9.30.